The van der Waals surface area contributed by atoms with Gasteiger partial charge < -0.3 is 29.7 Å². The highest BCUT2D eigenvalue weighted by atomic mass is 35.5. The molecule has 0 spiro atoms. The number of sulfonamides is 1. The Hall–Kier alpha value is -3.06. The average Bonchev–Trinajstić information content (AvgIpc) is 2.98. The molecule has 0 saturated heterocycles. The van der Waals surface area contributed by atoms with Crippen LogP contribution in [0.4, 0.5) is 10.5 Å². The summed E-state index contributed by atoms with van der Waals surface area (Å²) in [7, 11) is -2.27. The Labute approximate surface area is 272 Å². The number of urea groups is 1. The molecule has 0 saturated carbocycles. The number of rotatable bonds is 8. The van der Waals surface area contributed by atoms with Crippen LogP contribution in [0.3, 0.4) is 0 Å². The molecule has 11 nitrogen and oxygen atoms in total. The van der Waals surface area contributed by atoms with Crippen molar-refractivity contribution >= 4 is 39.2 Å². The van der Waals surface area contributed by atoms with Gasteiger partial charge in [-0.15, -0.1) is 0 Å². The van der Waals surface area contributed by atoms with E-state index in [-0.39, 0.29) is 59.5 Å². The lowest BCUT2D eigenvalue weighted by Crippen LogP contribution is -2.49. The summed E-state index contributed by atoms with van der Waals surface area (Å²) in [4.78, 5) is 30.1. The molecule has 45 heavy (non-hydrogen) atoms. The molecule has 4 atom stereocenters. The van der Waals surface area contributed by atoms with Crippen molar-refractivity contribution in [1.29, 1.82) is 0 Å². The summed E-state index contributed by atoms with van der Waals surface area (Å²) >= 11 is 5.93. The number of likely N-dealkylation sites (N-methyl/N-ethyl adjacent to an activating group) is 1. The average molecular weight is 667 g/mol. The van der Waals surface area contributed by atoms with Crippen LogP contribution in [0.25, 0.3) is 0 Å². The fraction of sp³-hybridized carbons (Fsp3) is 0.562. The van der Waals surface area contributed by atoms with Gasteiger partial charge >= 0.3 is 6.03 Å². The van der Waals surface area contributed by atoms with Crippen molar-refractivity contribution < 1.29 is 32.6 Å². The monoisotopic (exact) mass is 666 g/mol. The fourth-order valence-electron chi connectivity index (χ4n) is 4.99. The van der Waals surface area contributed by atoms with Crippen LogP contribution >= 0.6 is 11.6 Å². The van der Waals surface area contributed by atoms with E-state index in [0.29, 0.717) is 30.3 Å². The van der Waals surface area contributed by atoms with Gasteiger partial charge in [-0.2, -0.15) is 0 Å². The number of anilines is 1. The minimum Gasteiger partial charge on any atom is -0.490 e. The first-order valence-electron chi connectivity index (χ1n) is 15.4. The van der Waals surface area contributed by atoms with Gasteiger partial charge in [0.15, 0.2) is 0 Å². The van der Waals surface area contributed by atoms with E-state index in [1.54, 1.807) is 35.9 Å². The topological polar surface area (TPSA) is 138 Å². The molecule has 3 rings (SSSR count). The zero-order chi connectivity index (χ0) is 33.3. The number of nitrogens with one attached hydrogen (secondary N) is 2. The molecule has 0 aliphatic carbocycles. The van der Waals surface area contributed by atoms with E-state index in [1.165, 1.54) is 30.3 Å². The Kier molecular flexibility index (Phi) is 13.3. The zero-order valence-corrected chi connectivity index (χ0v) is 28.5. The minimum atomic E-state index is -3.98. The number of nitrogens with zero attached hydrogens (tertiary/aromatic N) is 2. The van der Waals surface area contributed by atoms with Gasteiger partial charge in [0.05, 0.1) is 35.3 Å². The van der Waals surface area contributed by atoms with E-state index < -0.39 is 22.0 Å². The molecule has 13 heteroatoms. The summed E-state index contributed by atoms with van der Waals surface area (Å²) in [5.74, 6) is -0.338. The Morgan fingerprint density at radius 3 is 2.47 bits per heavy atom. The quantitative estimate of drug-likeness (QED) is 0.361. The number of fused-ring (bicyclic) bond motifs is 1. The molecule has 1 heterocycles. The van der Waals surface area contributed by atoms with E-state index in [1.807, 2.05) is 27.7 Å². The maximum atomic E-state index is 14.3. The molecule has 0 radical (unpaired) electrons. The van der Waals surface area contributed by atoms with E-state index in [0.717, 1.165) is 12.8 Å². The van der Waals surface area contributed by atoms with Crippen molar-refractivity contribution in [1.82, 2.24) is 15.1 Å². The third kappa shape index (κ3) is 10.5. The summed E-state index contributed by atoms with van der Waals surface area (Å²) in [6.45, 7) is 10.1. The third-order valence-corrected chi connectivity index (χ3v) is 9.29. The molecule has 1 aliphatic rings. The van der Waals surface area contributed by atoms with Gasteiger partial charge in [0.25, 0.3) is 15.9 Å². The van der Waals surface area contributed by atoms with Gasteiger partial charge in [0.1, 0.15) is 5.75 Å². The second-order valence-corrected chi connectivity index (χ2v) is 14.2. The minimum absolute atomic E-state index is 0.0191. The molecule has 3 N–H and O–H groups in total. The first-order valence-corrected chi connectivity index (χ1v) is 17.2. The molecule has 0 fully saturated rings. The molecule has 2 aromatic carbocycles. The van der Waals surface area contributed by atoms with Crippen LogP contribution in [0.5, 0.6) is 5.75 Å². The van der Waals surface area contributed by atoms with Gasteiger partial charge in [-0.3, -0.25) is 9.52 Å². The van der Waals surface area contributed by atoms with Crippen molar-refractivity contribution in [2.24, 2.45) is 5.92 Å². The van der Waals surface area contributed by atoms with Gasteiger partial charge in [-0.05, 0) is 89.4 Å². The molecule has 2 aromatic rings. The second kappa shape index (κ2) is 16.5. The van der Waals surface area contributed by atoms with Gasteiger partial charge in [0.2, 0.25) is 0 Å². The van der Waals surface area contributed by atoms with Crippen molar-refractivity contribution in [3.63, 3.8) is 0 Å². The molecular weight excluding hydrogens is 620 g/mol. The van der Waals surface area contributed by atoms with Crippen LogP contribution in [0.1, 0.15) is 64.2 Å². The predicted molar refractivity (Wildman–Crippen MR) is 175 cm³/mol. The van der Waals surface area contributed by atoms with Crippen molar-refractivity contribution in [2.45, 2.75) is 83.1 Å². The molecular formula is C32H47ClN4O7S. The Morgan fingerprint density at radius 1 is 1.13 bits per heavy atom. The summed E-state index contributed by atoms with van der Waals surface area (Å²) < 4.78 is 41.3. The number of hydrogen-bond acceptors (Lipinski definition) is 7. The number of hydrogen-bond donors (Lipinski definition) is 3. The number of halogens is 1. The van der Waals surface area contributed by atoms with Crippen molar-refractivity contribution in [3.8, 4) is 5.75 Å². The third-order valence-electron chi connectivity index (χ3n) is 7.64. The van der Waals surface area contributed by atoms with Crippen LogP contribution < -0.4 is 14.8 Å². The van der Waals surface area contributed by atoms with Gasteiger partial charge in [-0.1, -0.05) is 18.5 Å². The molecule has 3 amide bonds. The summed E-state index contributed by atoms with van der Waals surface area (Å²) in [6.07, 6.45) is 1.69. The number of aliphatic hydroxyl groups is 1. The van der Waals surface area contributed by atoms with Crippen LogP contribution in [0, 0.1) is 5.92 Å². The fourth-order valence-corrected chi connectivity index (χ4v) is 6.16. The highest BCUT2D eigenvalue weighted by Gasteiger charge is 2.31. The van der Waals surface area contributed by atoms with E-state index in [4.69, 9.17) is 21.1 Å². The smallest absolute Gasteiger partial charge is 0.317 e. The molecule has 0 bridgehead atoms. The maximum absolute atomic E-state index is 14.3. The molecule has 0 aromatic heterocycles. The highest BCUT2D eigenvalue weighted by Crippen LogP contribution is 2.29. The number of benzene rings is 2. The predicted octanol–water partition coefficient (Wildman–Crippen LogP) is 4.99. The first-order chi connectivity index (χ1) is 21.2. The number of carbonyl (C=O) groups excluding carboxylic acids is 2. The van der Waals surface area contributed by atoms with Crippen molar-refractivity contribution in [2.75, 3.05) is 38.1 Å². The van der Waals surface area contributed by atoms with Crippen molar-refractivity contribution in [3.05, 3.63) is 53.1 Å². The largest absolute Gasteiger partial charge is 0.490 e. The van der Waals surface area contributed by atoms with Crippen LogP contribution in [-0.4, -0.2) is 92.9 Å². The maximum Gasteiger partial charge on any atom is 0.317 e. The van der Waals surface area contributed by atoms with Crippen LogP contribution in [0.2, 0.25) is 5.02 Å². The van der Waals surface area contributed by atoms with E-state index >= 15 is 0 Å². The Morgan fingerprint density at radius 2 is 1.82 bits per heavy atom. The van der Waals surface area contributed by atoms with Gasteiger partial charge in [0, 0.05) is 49.4 Å². The molecule has 1 aliphatic heterocycles. The Bertz CT molecular complexity index is 1390. The highest BCUT2D eigenvalue weighted by molar-refractivity contribution is 7.92. The van der Waals surface area contributed by atoms with Crippen LogP contribution in [-0.2, 0) is 14.8 Å². The molecule has 0 unspecified atom stereocenters. The van der Waals surface area contributed by atoms with Crippen LogP contribution in [0.15, 0.2) is 47.4 Å². The number of ether oxygens (including phenoxy) is 2. The standard InChI is InChI=1S/C32H47ClN4O7S/c1-21(2)34-32(40)36(6)19-30-22(3)18-37(23(4)20-38)31(39)28-17-26(35-45(41,42)27-13-10-25(33)11-14-27)12-15-29(28)44-24(5)9-7-8-16-43-30/h10-15,17,21-24,30,35,38H,7-9,16,18-20H2,1-6H3,(H,34,40)/t22-,23-,24+,30+/m0/s1. The zero-order valence-electron chi connectivity index (χ0n) is 27.0. The normalized spacial score (nSPS) is 20.9. The summed E-state index contributed by atoms with van der Waals surface area (Å²) in [5.41, 5.74) is 0.340. The lowest BCUT2D eigenvalue weighted by Gasteiger charge is -2.36. The first kappa shape index (κ1) is 36.4. The summed E-state index contributed by atoms with van der Waals surface area (Å²) in [5, 5.41) is 13.4. The SMILES string of the molecule is CC(C)NC(=O)N(C)C[C@H]1OCCCC[C@@H](C)Oc2ccc(NS(=O)(=O)c3ccc(Cl)cc3)cc2C(=O)N([C@@H](C)CO)C[C@@H]1C. The Balaban J connectivity index is 1.98. The second-order valence-electron chi connectivity index (χ2n) is 12.1. The number of carbonyl (C=O) groups is 2. The lowest BCUT2D eigenvalue weighted by atomic mass is 10.0. The number of amides is 3. The van der Waals surface area contributed by atoms with E-state index in [9.17, 15) is 23.1 Å². The number of aliphatic hydroxyl groups excluding tert-OH is 1. The van der Waals surface area contributed by atoms with Gasteiger partial charge in [-0.25, -0.2) is 13.2 Å². The molecule has 250 valence electrons. The van der Waals surface area contributed by atoms with E-state index in [2.05, 4.69) is 10.0 Å². The summed E-state index contributed by atoms with van der Waals surface area (Å²) in [6, 6.07) is 9.56. The lowest BCUT2D eigenvalue weighted by molar-refractivity contribution is -0.0122.